The van der Waals surface area contributed by atoms with E-state index in [2.05, 4.69) is 5.32 Å². The quantitative estimate of drug-likeness (QED) is 0.199. The highest BCUT2D eigenvalue weighted by Gasteiger charge is 2.51. The molecule has 1 rings (SSSR count). The van der Waals surface area contributed by atoms with Crippen LogP contribution in [-0.4, -0.2) is 76.7 Å². The lowest BCUT2D eigenvalue weighted by atomic mass is 10.0. The van der Waals surface area contributed by atoms with Crippen molar-refractivity contribution in [3.8, 4) is 0 Å². The van der Waals surface area contributed by atoms with E-state index in [0.717, 1.165) is 6.92 Å². The van der Waals surface area contributed by atoms with Crippen LogP contribution >= 0.6 is 22.6 Å². The van der Waals surface area contributed by atoms with Gasteiger partial charge in [-0.15, -0.1) is 0 Å². The molecule has 13 heteroatoms. The van der Waals surface area contributed by atoms with Gasteiger partial charge in [-0.1, -0.05) is 22.6 Å². The van der Waals surface area contributed by atoms with Gasteiger partial charge in [0.15, 0.2) is 12.2 Å². The summed E-state index contributed by atoms with van der Waals surface area (Å²) < 4.78 is 31.0. The van der Waals surface area contributed by atoms with Gasteiger partial charge in [0.2, 0.25) is 6.29 Å². The van der Waals surface area contributed by atoms with Crippen LogP contribution in [0.1, 0.15) is 48.5 Å². The fourth-order valence-electron chi connectivity index (χ4n) is 2.72. The molecule has 33 heavy (non-hydrogen) atoms. The first-order valence-electron chi connectivity index (χ1n) is 10.1. The number of rotatable bonds is 7. The third-order valence-electron chi connectivity index (χ3n) is 3.95. The molecular weight excluding hydrogens is 557 g/mol. The molecule has 6 atom stereocenters. The van der Waals surface area contributed by atoms with Gasteiger partial charge in [0.1, 0.15) is 28.3 Å². The molecule has 1 fully saturated rings. The summed E-state index contributed by atoms with van der Waals surface area (Å²) in [6, 6.07) is -1.10. The standard InChI is InChI=1S/C20H30INO11/c1-9(22-19(27)33-20(5,6)7)17(26)32-18-14(21)16(30-12(4)25)15(29-11(3)24)13(31-18)8-28-10(2)23/h9,13-16,18H,8H2,1-7H3,(H,22,27)/t9-,13+,14+,15-,16+,18+/m0/s1. The summed E-state index contributed by atoms with van der Waals surface area (Å²) in [4.78, 5) is 59.1. The molecule has 12 nitrogen and oxygen atoms in total. The number of nitrogens with one attached hydrogen (secondary N) is 1. The van der Waals surface area contributed by atoms with E-state index >= 15 is 0 Å². The first-order valence-corrected chi connectivity index (χ1v) is 11.3. The molecule has 0 unspecified atom stereocenters. The second kappa shape index (κ2) is 12.3. The average Bonchev–Trinajstić information content (AvgIpc) is 2.63. The van der Waals surface area contributed by atoms with Crippen molar-refractivity contribution < 1.29 is 52.4 Å². The van der Waals surface area contributed by atoms with Gasteiger partial charge in [-0.25, -0.2) is 9.59 Å². The molecule has 0 aromatic carbocycles. The lowest BCUT2D eigenvalue weighted by Gasteiger charge is -2.42. The Kier molecular flexibility index (Phi) is 10.8. The predicted octanol–water partition coefficient (Wildman–Crippen LogP) is 1.40. The number of hydrogen-bond donors (Lipinski definition) is 1. The van der Waals surface area contributed by atoms with E-state index in [1.807, 2.05) is 22.6 Å². The lowest BCUT2D eigenvalue weighted by molar-refractivity contribution is -0.255. The van der Waals surface area contributed by atoms with Crippen molar-refractivity contribution in [2.45, 2.75) is 88.6 Å². The topological polar surface area (TPSA) is 153 Å². The van der Waals surface area contributed by atoms with Crippen molar-refractivity contribution in [1.29, 1.82) is 0 Å². The number of ether oxygens (including phenoxy) is 6. The van der Waals surface area contributed by atoms with Crippen molar-refractivity contribution >= 4 is 52.6 Å². The first-order chi connectivity index (χ1) is 15.1. The molecular formula is C20H30INO11. The predicted molar refractivity (Wildman–Crippen MR) is 119 cm³/mol. The average molecular weight is 587 g/mol. The van der Waals surface area contributed by atoms with Gasteiger partial charge >= 0.3 is 30.0 Å². The van der Waals surface area contributed by atoms with E-state index in [1.54, 1.807) is 20.8 Å². The maximum absolute atomic E-state index is 12.6. The Morgan fingerprint density at radius 1 is 0.939 bits per heavy atom. The molecule has 0 bridgehead atoms. The molecule has 1 aliphatic heterocycles. The molecule has 1 aliphatic rings. The van der Waals surface area contributed by atoms with Crippen molar-refractivity contribution in [1.82, 2.24) is 5.32 Å². The fourth-order valence-corrected chi connectivity index (χ4v) is 3.59. The van der Waals surface area contributed by atoms with Crippen LogP contribution in [0.3, 0.4) is 0 Å². The molecule has 0 aliphatic carbocycles. The van der Waals surface area contributed by atoms with E-state index in [4.69, 9.17) is 28.4 Å². The lowest BCUT2D eigenvalue weighted by Crippen LogP contribution is -2.60. The Hall–Kier alpha value is -2.16. The number of carbonyl (C=O) groups is 5. The Bertz CT molecular complexity index is 751. The van der Waals surface area contributed by atoms with Gasteiger partial charge in [0.25, 0.3) is 0 Å². The van der Waals surface area contributed by atoms with E-state index in [9.17, 15) is 24.0 Å². The smallest absolute Gasteiger partial charge is 0.408 e. The minimum absolute atomic E-state index is 0.353. The van der Waals surface area contributed by atoms with Gasteiger partial charge in [0.05, 0.1) is 0 Å². The highest BCUT2D eigenvalue weighted by molar-refractivity contribution is 14.1. The highest BCUT2D eigenvalue weighted by Crippen LogP contribution is 2.32. The zero-order chi connectivity index (χ0) is 25.5. The Morgan fingerprint density at radius 2 is 1.48 bits per heavy atom. The fraction of sp³-hybridized carbons (Fsp3) is 0.750. The van der Waals surface area contributed by atoms with Crippen LogP contribution in [0.5, 0.6) is 0 Å². The molecule has 1 amide bonds. The summed E-state index contributed by atoms with van der Waals surface area (Å²) in [5.74, 6) is -2.82. The molecule has 1 heterocycles. The zero-order valence-electron chi connectivity index (χ0n) is 19.5. The van der Waals surface area contributed by atoms with E-state index < -0.39 is 70.1 Å². The van der Waals surface area contributed by atoms with E-state index in [-0.39, 0.29) is 6.61 Å². The summed E-state index contributed by atoms with van der Waals surface area (Å²) in [6.45, 7) is 9.55. The minimum Gasteiger partial charge on any atom is -0.463 e. The van der Waals surface area contributed by atoms with Crippen LogP contribution in [0.2, 0.25) is 0 Å². The van der Waals surface area contributed by atoms with Crippen molar-refractivity contribution in [3.05, 3.63) is 0 Å². The summed E-state index contributed by atoms with van der Waals surface area (Å²) in [5, 5.41) is 2.35. The molecule has 0 spiro atoms. The second-order valence-corrected chi connectivity index (χ2v) is 9.68. The summed E-state index contributed by atoms with van der Waals surface area (Å²) in [5.41, 5.74) is -0.763. The van der Waals surface area contributed by atoms with Crippen LogP contribution in [0.25, 0.3) is 0 Å². The molecule has 0 radical (unpaired) electrons. The molecule has 1 saturated heterocycles. The number of amides is 1. The van der Waals surface area contributed by atoms with Gasteiger partial charge in [-0.3, -0.25) is 14.4 Å². The molecule has 0 aromatic heterocycles. The van der Waals surface area contributed by atoms with Crippen LogP contribution in [0.15, 0.2) is 0 Å². The van der Waals surface area contributed by atoms with Crippen molar-refractivity contribution in [3.63, 3.8) is 0 Å². The third kappa shape index (κ3) is 10.1. The van der Waals surface area contributed by atoms with E-state index in [1.165, 1.54) is 20.8 Å². The van der Waals surface area contributed by atoms with Gasteiger partial charge in [-0.05, 0) is 27.7 Å². The SMILES string of the molecule is CC(=O)OC[C@H]1O[C@H](OC(=O)[C@H](C)NC(=O)OC(C)(C)C)[C@H](I)[C@@H](OC(C)=O)[C@H]1OC(C)=O. The second-order valence-electron chi connectivity index (χ2n) is 8.24. The van der Waals surface area contributed by atoms with Crippen LogP contribution < -0.4 is 5.32 Å². The number of halogens is 1. The molecule has 0 aromatic rings. The summed E-state index contributed by atoms with van der Waals surface area (Å²) in [7, 11) is 0. The largest absolute Gasteiger partial charge is 0.463 e. The number of hydrogen-bond acceptors (Lipinski definition) is 11. The van der Waals surface area contributed by atoms with Crippen LogP contribution in [-0.2, 0) is 47.6 Å². The number of alkyl halides is 1. The molecule has 1 N–H and O–H groups in total. The van der Waals surface area contributed by atoms with Gasteiger partial charge in [0, 0.05) is 20.8 Å². The summed E-state index contributed by atoms with van der Waals surface area (Å²) >= 11 is 1.84. The number of esters is 4. The van der Waals surface area contributed by atoms with Crippen LogP contribution in [0, 0.1) is 0 Å². The maximum atomic E-state index is 12.6. The normalized spacial score (nSPS) is 25.8. The third-order valence-corrected chi connectivity index (χ3v) is 5.24. The first kappa shape index (κ1) is 28.9. The number of alkyl carbamates (subject to hydrolysis) is 1. The summed E-state index contributed by atoms with van der Waals surface area (Å²) in [6.07, 6.45) is -5.39. The van der Waals surface area contributed by atoms with Crippen molar-refractivity contribution in [2.24, 2.45) is 0 Å². The monoisotopic (exact) mass is 587 g/mol. The number of carbonyl (C=O) groups excluding carboxylic acids is 5. The minimum atomic E-state index is -1.28. The van der Waals surface area contributed by atoms with Crippen molar-refractivity contribution in [2.75, 3.05) is 6.61 Å². The maximum Gasteiger partial charge on any atom is 0.408 e. The molecule has 188 valence electrons. The van der Waals surface area contributed by atoms with Crippen LogP contribution in [0.4, 0.5) is 4.79 Å². The van der Waals surface area contributed by atoms with Gasteiger partial charge < -0.3 is 33.7 Å². The highest BCUT2D eigenvalue weighted by atomic mass is 127. The Labute approximate surface area is 205 Å². The Balaban J connectivity index is 3.02. The zero-order valence-corrected chi connectivity index (χ0v) is 21.7. The van der Waals surface area contributed by atoms with Gasteiger partial charge in [-0.2, -0.15) is 0 Å². The molecule has 0 saturated carbocycles. The Morgan fingerprint density at radius 3 is 1.97 bits per heavy atom. The van der Waals surface area contributed by atoms with E-state index in [0.29, 0.717) is 0 Å².